The summed E-state index contributed by atoms with van der Waals surface area (Å²) >= 11 is 0. The van der Waals surface area contributed by atoms with Crippen LogP contribution in [-0.2, 0) is 4.74 Å². The average molecular weight is 152 g/mol. The summed E-state index contributed by atoms with van der Waals surface area (Å²) in [6.45, 7) is 5.07. The summed E-state index contributed by atoms with van der Waals surface area (Å²) in [5, 5.41) is 3.23. The average Bonchev–Trinajstić information content (AvgIpc) is 2.19. The smallest absolute Gasteiger partial charge is 0.0711 e. The van der Waals surface area contributed by atoms with Gasteiger partial charge >= 0.3 is 0 Å². The number of hydrogen-bond donors (Lipinski definition) is 1. The topological polar surface area (TPSA) is 21.3 Å². The first-order valence-corrected chi connectivity index (χ1v) is 3.26. The van der Waals surface area contributed by atoms with E-state index in [9.17, 15) is 0 Å². The highest BCUT2D eigenvalue weighted by molar-refractivity contribution is 5.85. The van der Waals surface area contributed by atoms with Crippen molar-refractivity contribution in [3.63, 3.8) is 0 Å². The standard InChI is InChI=1S/C6H13NO.ClH/c1-2-8-6-3-4-7-5-6;/h6-7H,2-5H2,1H3;1H. The van der Waals surface area contributed by atoms with Crippen molar-refractivity contribution in [2.24, 2.45) is 0 Å². The lowest BCUT2D eigenvalue weighted by molar-refractivity contribution is 0.0775. The van der Waals surface area contributed by atoms with Gasteiger partial charge < -0.3 is 10.1 Å². The summed E-state index contributed by atoms with van der Waals surface area (Å²) < 4.78 is 5.34. The second kappa shape index (κ2) is 5.03. The van der Waals surface area contributed by atoms with E-state index >= 15 is 0 Å². The molecule has 1 aliphatic rings. The fourth-order valence-corrected chi connectivity index (χ4v) is 1.01. The number of ether oxygens (including phenoxy) is 1. The highest BCUT2D eigenvalue weighted by atomic mass is 35.5. The van der Waals surface area contributed by atoms with Gasteiger partial charge in [0.15, 0.2) is 0 Å². The summed E-state index contributed by atoms with van der Waals surface area (Å²) in [7, 11) is 0. The SMILES string of the molecule is CCOC1CCNC1.Cl. The predicted molar refractivity (Wildman–Crippen MR) is 40.1 cm³/mol. The fourth-order valence-electron chi connectivity index (χ4n) is 1.01. The lowest BCUT2D eigenvalue weighted by Gasteiger charge is -2.05. The molecule has 1 N–H and O–H groups in total. The number of halogens is 1. The van der Waals surface area contributed by atoms with Crippen LogP contribution in [0.4, 0.5) is 0 Å². The molecule has 1 fully saturated rings. The van der Waals surface area contributed by atoms with Crippen LogP contribution < -0.4 is 5.32 Å². The van der Waals surface area contributed by atoms with Crippen LogP contribution in [0.5, 0.6) is 0 Å². The van der Waals surface area contributed by atoms with Gasteiger partial charge in [0.25, 0.3) is 0 Å². The Balaban J connectivity index is 0.000000640. The minimum atomic E-state index is 0. The molecule has 1 saturated heterocycles. The molecule has 1 atom stereocenters. The monoisotopic (exact) mass is 151 g/mol. The zero-order valence-corrected chi connectivity index (χ0v) is 6.54. The molecule has 0 saturated carbocycles. The Bertz CT molecular complexity index is 64.1. The van der Waals surface area contributed by atoms with Crippen molar-refractivity contribution >= 4 is 12.4 Å². The molecule has 1 aliphatic heterocycles. The van der Waals surface area contributed by atoms with Gasteiger partial charge in [0.1, 0.15) is 0 Å². The summed E-state index contributed by atoms with van der Waals surface area (Å²) in [5.74, 6) is 0. The Morgan fingerprint density at radius 2 is 2.44 bits per heavy atom. The molecule has 0 aromatic heterocycles. The van der Waals surface area contributed by atoms with Crippen LogP contribution in [0.25, 0.3) is 0 Å². The first kappa shape index (κ1) is 9.21. The zero-order chi connectivity index (χ0) is 5.82. The maximum absolute atomic E-state index is 5.34. The van der Waals surface area contributed by atoms with Gasteiger partial charge in [-0.15, -0.1) is 12.4 Å². The zero-order valence-electron chi connectivity index (χ0n) is 5.72. The number of nitrogens with one attached hydrogen (secondary N) is 1. The van der Waals surface area contributed by atoms with Crippen LogP contribution in [-0.4, -0.2) is 25.8 Å². The second-order valence-electron chi connectivity index (χ2n) is 2.07. The molecule has 1 heterocycles. The molecule has 9 heavy (non-hydrogen) atoms. The molecule has 0 bridgehead atoms. The Labute approximate surface area is 62.4 Å². The van der Waals surface area contributed by atoms with Gasteiger partial charge in [-0.2, -0.15) is 0 Å². The maximum Gasteiger partial charge on any atom is 0.0711 e. The largest absolute Gasteiger partial charge is 0.377 e. The van der Waals surface area contributed by atoms with E-state index in [1.165, 1.54) is 6.42 Å². The van der Waals surface area contributed by atoms with E-state index in [1.807, 2.05) is 6.92 Å². The third-order valence-electron chi connectivity index (χ3n) is 1.42. The first-order valence-electron chi connectivity index (χ1n) is 3.26. The Morgan fingerprint density at radius 1 is 1.67 bits per heavy atom. The summed E-state index contributed by atoms with van der Waals surface area (Å²) in [5.41, 5.74) is 0. The van der Waals surface area contributed by atoms with Crippen LogP contribution in [0, 0.1) is 0 Å². The molecule has 0 aromatic carbocycles. The molecule has 2 nitrogen and oxygen atoms in total. The second-order valence-corrected chi connectivity index (χ2v) is 2.07. The van der Waals surface area contributed by atoms with E-state index in [2.05, 4.69) is 5.32 Å². The van der Waals surface area contributed by atoms with E-state index in [4.69, 9.17) is 4.74 Å². The molecular weight excluding hydrogens is 138 g/mol. The van der Waals surface area contributed by atoms with Crippen LogP contribution in [0.1, 0.15) is 13.3 Å². The fraction of sp³-hybridized carbons (Fsp3) is 1.00. The van der Waals surface area contributed by atoms with Gasteiger partial charge in [-0.1, -0.05) is 0 Å². The van der Waals surface area contributed by atoms with Crippen molar-refractivity contribution in [1.29, 1.82) is 0 Å². The van der Waals surface area contributed by atoms with Crippen molar-refractivity contribution < 1.29 is 4.74 Å². The summed E-state index contributed by atoms with van der Waals surface area (Å²) in [6, 6.07) is 0. The van der Waals surface area contributed by atoms with Crippen LogP contribution >= 0.6 is 12.4 Å². The lowest BCUT2D eigenvalue weighted by Crippen LogP contribution is -2.16. The Morgan fingerprint density at radius 3 is 2.89 bits per heavy atom. The normalized spacial score (nSPS) is 25.7. The first-order chi connectivity index (χ1) is 3.93. The minimum Gasteiger partial charge on any atom is -0.377 e. The van der Waals surface area contributed by atoms with Gasteiger partial charge in [-0.25, -0.2) is 0 Å². The third kappa shape index (κ3) is 3.04. The molecule has 0 radical (unpaired) electrons. The molecule has 0 spiro atoms. The van der Waals surface area contributed by atoms with E-state index in [-0.39, 0.29) is 12.4 Å². The molecular formula is C6H14ClNO. The quantitative estimate of drug-likeness (QED) is 0.631. The van der Waals surface area contributed by atoms with Crippen LogP contribution in [0.2, 0.25) is 0 Å². The molecule has 3 heteroatoms. The van der Waals surface area contributed by atoms with Crippen LogP contribution in [0.15, 0.2) is 0 Å². The Hall–Kier alpha value is 0.210. The van der Waals surface area contributed by atoms with Gasteiger partial charge in [-0.3, -0.25) is 0 Å². The van der Waals surface area contributed by atoms with Crippen molar-refractivity contribution in [2.75, 3.05) is 19.7 Å². The van der Waals surface area contributed by atoms with Gasteiger partial charge in [-0.05, 0) is 19.9 Å². The maximum atomic E-state index is 5.34. The van der Waals surface area contributed by atoms with Gasteiger partial charge in [0.05, 0.1) is 6.10 Å². The highest BCUT2D eigenvalue weighted by Crippen LogP contribution is 2.01. The number of hydrogen-bond acceptors (Lipinski definition) is 2. The predicted octanol–water partition coefficient (Wildman–Crippen LogP) is 0.807. The number of rotatable bonds is 2. The summed E-state index contributed by atoms with van der Waals surface area (Å²) in [4.78, 5) is 0. The van der Waals surface area contributed by atoms with Gasteiger partial charge in [0.2, 0.25) is 0 Å². The minimum absolute atomic E-state index is 0. The van der Waals surface area contributed by atoms with Crippen molar-refractivity contribution in [3.05, 3.63) is 0 Å². The van der Waals surface area contributed by atoms with Crippen LogP contribution in [0.3, 0.4) is 0 Å². The molecule has 0 amide bonds. The molecule has 56 valence electrons. The van der Waals surface area contributed by atoms with E-state index in [0.717, 1.165) is 19.7 Å². The van der Waals surface area contributed by atoms with E-state index in [0.29, 0.717) is 6.10 Å². The van der Waals surface area contributed by atoms with E-state index < -0.39 is 0 Å². The summed E-state index contributed by atoms with van der Waals surface area (Å²) in [6.07, 6.45) is 1.69. The van der Waals surface area contributed by atoms with Crippen molar-refractivity contribution in [2.45, 2.75) is 19.4 Å². The molecule has 0 aliphatic carbocycles. The van der Waals surface area contributed by atoms with Crippen molar-refractivity contribution in [3.8, 4) is 0 Å². The Kier molecular flexibility index (Phi) is 5.15. The molecule has 1 rings (SSSR count). The van der Waals surface area contributed by atoms with Crippen molar-refractivity contribution in [1.82, 2.24) is 5.32 Å². The third-order valence-corrected chi connectivity index (χ3v) is 1.42. The lowest BCUT2D eigenvalue weighted by atomic mass is 10.3. The van der Waals surface area contributed by atoms with E-state index in [1.54, 1.807) is 0 Å². The molecule has 1 unspecified atom stereocenters. The molecule has 0 aromatic rings. The highest BCUT2D eigenvalue weighted by Gasteiger charge is 2.12. The van der Waals surface area contributed by atoms with Gasteiger partial charge in [0, 0.05) is 13.2 Å².